The van der Waals surface area contributed by atoms with Gasteiger partial charge in [-0.1, -0.05) is 19.8 Å². The summed E-state index contributed by atoms with van der Waals surface area (Å²) in [7, 11) is 0. The van der Waals surface area contributed by atoms with E-state index in [0.29, 0.717) is 6.42 Å². The van der Waals surface area contributed by atoms with E-state index in [4.69, 9.17) is 10.00 Å². The molecule has 18 heavy (non-hydrogen) atoms. The molecular formula is C10H13N5O3. The van der Waals surface area contributed by atoms with Crippen molar-refractivity contribution in [3.05, 3.63) is 5.69 Å². The highest BCUT2D eigenvalue weighted by Gasteiger charge is 2.18. The number of esters is 1. The number of anilines is 1. The summed E-state index contributed by atoms with van der Waals surface area (Å²) in [4.78, 5) is 22.6. The number of nitrogens with one attached hydrogen (secondary N) is 2. The van der Waals surface area contributed by atoms with E-state index in [1.54, 1.807) is 6.07 Å². The van der Waals surface area contributed by atoms with Crippen molar-refractivity contribution in [1.82, 2.24) is 15.4 Å². The summed E-state index contributed by atoms with van der Waals surface area (Å²) < 4.78 is 4.74. The lowest BCUT2D eigenvalue weighted by Gasteiger charge is -2.03. The Bertz CT molecular complexity index is 462. The summed E-state index contributed by atoms with van der Waals surface area (Å²) in [6.45, 7) is 2.21. The number of hydrogen-bond acceptors (Lipinski definition) is 6. The molecule has 1 heterocycles. The first-order valence-electron chi connectivity index (χ1n) is 5.48. The van der Waals surface area contributed by atoms with Crippen molar-refractivity contribution in [1.29, 1.82) is 5.26 Å². The summed E-state index contributed by atoms with van der Waals surface area (Å²) in [6.07, 6.45) is 2.63. The molecule has 2 N–H and O–H groups in total. The number of nitriles is 1. The molecule has 0 fully saturated rings. The largest absolute Gasteiger partial charge is 0.459 e. The number of nitrogens with zero attached hydrogens (tertiary/aromatic N) is 3. The normalized spacial score (nSPS) is 9.56. The van der Waals surface area contributed by atoms with E-state index in [1.165, 1.54) is 0 Å². The van der Waals surface area contributed by atoms with E-state index in [2.05, 4.69) is 20.7 Å². The molecule has 1 amide bonds. The Morgan fingerprint density at radius 2 is 2.22 bits per heavy atom. The van der Waals surface area contributed by atoms with E-state index in [1.807, 2.05) is 6.92 Å². The number of unbranched alkanes of at least 4 members (excludes halogenated alkanes) is 2. The van der Waals surface area contributed by atoms with Gasteiger partial charge in [-0.2, -0.15) is 10.5 Å². The van der Waals surface area contributed by atoms with Crippen LogP contribution in [0.2, 0.25) is 0 Å². The Labute approximate surface area is 103 Å². The number of aromatic nitrogens is 3. The molecule has 0 saturated carbocycles. The highest BCUT2D eigenvalue weighted by atomic mass is 16.5. The first kappa shape index (κ1) is 13.6. The minimum Gasteiger partial charge on any atom is -0.459 e. The van der Waals surface area contributed by atoms with Crippen LogP contribution in [0.15, 0.2) is 0 Å². The van der Waals surface area contributed by atoms with Gasteiger partial charge in [-0.15, -0.1) is 10.2 Å². The van der Waals surface area contributed by atoms with Gasteiger partial charge in [0, 0.05) is 0 Å². The third-order valence-corrected chi connectivity index (χ3v) is 2.05. The van der Waals surface area contributed by atoms with E-state index in [-0.39, 0.29) is 18.1 Å². The quantitative estimate of drug-likeness (QED) is 0.442. The Morgan fingerprint density at radius 1 is 1.44 bits per heavy atom. The Morgan fingerprint density at radius 3 is 2.89 bits per heavy atom. The number of amides is 1. The van der Waals surface area contributed by atoms with Crippen molar-refractivity contribution in [2.75, 3.05) is 11.9 Å². The van der Waals surface area contributed by atoms with Crippen LogP contribution in [0.3, 0.4) is 0 Å². The molecule has 8 nitrogen and oxygen atoms in total. The second kappa shape index (κ2) is 7.01. The second-order valence-electron chi connectivity index (χ2n) is 3.43. The third kappa shape index (κ3) is 3.86. The van der Waals surface area contributed by atoms with Crippen LogP contribution < -0.4 is 5.32 Å². The fraction of sp³-hybridized carbons (Fsp3) is 0.500. The number of carbonyl (C=O) groups is 2. The van der Waals surface area contributed by atoms with Crippen LogP contribution in [0.4, 0.5) is 5.82 Å². The van der Waals surface area contributed by atoms with Gasteiger partial charge in [-0.05, 0) is 6.42 Å². The van der Waals surface area contributed by atoms with Crippen molar-refractivity contribution in [3.8, 4) is 6.07 Å². The van der Waals surface area contributed by atoms with E-state index >= 15 is 0 Å². The number of hydrogen-bond donors (Lipinski definition) is 2. The smallest absolute Gasteiger partial charge is 0.397 e. The molecule has 8 heteroatoms. The van der Waals surface area contributed by atoms with Crippen LogP contribution in [0.25, 0.3) is 0 Å². The standard InChI is InChI=1S/C10H13N5O3/c1-2-3-4-5-18-10(17)9(16)12-8-7(6-11)13-15-14-8/h2-5H2,1H3,(H2,12,13,14,15,16). The summed E-state index contributed by atoms with van der Waals surface area (Å²) in [5, 5.41) is 19.9. The van der Waals surface area contributed by atoms with Gasteiger partial charge in [0.25, 0.3) is 0 Å². The fourth-order valence-corrected chi connectivity index (χ4v) is 1.14. The lowest BCUT2D eigenvalue weighted by Crippen LogP contribution is -2.26. The molecule has 1 rings (SSSR count). The zero-order valence-corrected chi connectivity index (χ0v) is 9.89. The topological polar surface area (TPSA) is 121 Å². The lowest BCUT2D eigenvalue weighted by molar-refractivity contribution is -0.152. The van der Waals surface area contributed by atoms with Gasteiger partial charge in [-0.3, -0.25) is 10.1 Å². The number of rotatable bonds is 5. The monoisotopic (exact) mass is 251 g/mol. The van der Waals surface area contributed by atoms with Crippen molar-refractivity contribution in [2.24, 2.45) is 0 Å². The molecule has 0 aliphatic rings. The van der Waals surface area contributed by atoms with Crippen LogP contribution in [-0.4, -0.2) is 33.9 Å². The maximum atomic E-state index is 11.4. The minimum atomic E-state index is -1.00. The first-order valence-corrected chi connectivity index (χ1v) is 5.48. The predicted molar refractivity (Wildman–Crippen MR) is 60.2 cm³/mol. The lowest BCUT2D eigenvalue weighted by atomic mass is 10.3. The maximum absolute atomic E-state index is 11.4. The van der Waals surface area contributed by atoms with Crippen molar-refractivity contribution in [3.63, 3.8) is 0 Å². The van der Waals surface area contributed by atoms with Crippen LogP contribution in [0, 0.1) is 11.3 Å². The minimum absolute atomic E-state index is 0.0898. The van der Waals surface area contributed by atoms with Crippen LogP contribution in [0.1, 0.15) is 31.9 Å². The van der Waals surface area contributed by atoms with Gasteiger partial charge < -0.3 is 4.74 Å². The van der Waals surface area contributed by atoms with E-state index < -0.39 is 11.9 Å². The van der Waals surface area contributed by atoms with E-state index in [9.17, 15) is 9.59 Å². The number of ether oxygens (including phenoxy) is 1. The Kier molecular flexibility index (Phi) is 5.31. The molecule has 0 radical (unpaired) electrons. The molecule has 0 aliphatic heterocycles. The van der Waals surface area contributed by atoms with Gasteiger partial charge in [0.2, 0.25) is 5.69 Å². The Balaban J connectivity index is 2.41. The van der Waals surface area contributed by atoms with Gasteiger partial charge in [-0.25, -0.2) is 4.79 Å². The van der Waals surface area contributed by atoms with Crippen LogP contribution >= 0.6 is 0 Å². The predicted octanol–water partition coefficient (Wildman–Crippen LogP) is 0.348. The average molecular weight is 251 g/mol. The number of aromatic amines is 1. The Hall–Kier alpha value is -2.43. The zero-order chi connectivity index (χ0) is 13.4. The molecule has 96 valence electrons. The first-order chi connectivity index (χ1) is 8.69. The van der Waals surface area contributed by atoms with Crippen molar-refractivity contribution < 1.29 is 14.3 Å². The number of H-pyrrole nitrogens is 1. The van der Waals surface area contributed by atoms with Crippen molar-refractivity contribution in [2.45, 2.75) is 26.2 Å². The molecule has 0 atom stereocenters. The molecule has 0 bridgehead atoms. The average Bonchev–Trinajstić information content (AvgIpc) is 2.81. The summed E-state index contributed by atoms with van der Waals surface area (Å²) >= 11 is 0. The molecule has 0 saturated heterocycles. The molecular weight excluding hydrogens is 238 g/mol. The molecule has 0 aliphatic carbocycles. The van der Waals surface area contributed by atoms with Gasteiger partial charge in [0.1, 0.15) is 6.07 Å². The molecule has 0 aromatic carbocycles. The molecule has 0 unspecified atom stereocenters. The molecule has 1 aromatic rings. The number of carbonyl (C=O) groups excluding carboxylic acids is 2. The van der Waals surface area contributed by atoms with Crippen LogP contribution in [-0.2, 0) is 14.3 Å². The van der Waals surface area contributed by atoms with Gasteiger partial charge >= 0.3 is 11.9 Å². The van der Waals surface area contributed by atoms with Gasteiger partial charge in [0.05, 0.1) is 6.61 Å². The SMILES string of the molecule is CCCCCOC(=O)C(=O)Nc1n[nH]nc1C#N. The van der Waals surface area contributed by atoms with Crippen LogP contribution in [0.5, 0.6) is 0 Å². The molecule has 0 spiro atoms. The second-order valence-corrected chi connectivity index (χ2v) is 3.43. The van der Waals surface area contributed by atoms with Gasteiger partial charge in [0.15, 0.2) is 5.82 Å². The fourth-order valence-electron chi connectivity index (χ4n) is 1.14. The third-order valence-electron chi connectivity index (χ3n) is 2.05. The zero-order valence-electron chi connectivity index (χ0n) is 9.89. The van der Waals surface area contributed by atoms with Crippen molar-refractivity contribution >= 4 is 17.7 Å². The highest BCUT2D eigenvalue weighted by Crippen LogP contribution is 2.05. The summed E-state index contributed by atoms with van der Waals surface area (Å²) in [5.41, 5.74) is -0.0952. The summed E-state index contributed by atoms with van der Waals surface area (Å²) in [6, 6.07) is 1.71. The summed E-state index contributed by atoms with van der Waals surface area (Å²) in [5.74, 6) is -2.07. The highest BCUT2D eigenvalue weighted by molar-refractivity contribution is 6.37. The van der Waals surface area contributed by atoms with E-state index in [0.717, 1.165) is 12.8 Å². The molecule has 1 aromatic heterocycles. The maximum Gasteiger partial charge on any atom is 0.397 e.